The number of nitrogens with one attached hydrogen (secondary N) is 1. The number of esters is 2. The third kappa shape index (κ3) is 15.9. The van der Waals surface area contributed by atoms with E-state index >= 15 is 0 Å². The molecule has 0 fully saturated rings. The third-order valence-corrected chi connectivity index (χ3v) is 5.07. The van der Waals surface area contributed by atoms with Gasteiger partial charge in [0.05, 0.1) is 12.6 Å². The lowest BCUT2D eigenvalue weighted by Crippen LogP contribution is -2.37. The van der Waals surface area contributed by atoms with Crippen molar-refractivity contribution in [1.29, 1.82) is 0 Å². The third-order valence-electron chi connectivity index (χ3n) is 4.80. The second-order valence-electron chi connectivity index (χ2n) is 8.81. The van der Waals surface area contributed by atoms with Crippen molar-refractivity contribution in [2.45, 2.75) is 97.1 Å². The van der Waals surface area contributed by atoms with Crippen molar-refractivity contribution in [3.05, 3.63) is 0 Å². The Bertz CT molecular complexity index is 573. The van der Waals surface area contributed by atoms with Gasteiger partial charge in [0, 0.05) is 31.1 Å². The Hall–Kier alpha value is -1.47. The summed E-state index contributed by atoms with van der Waals surface area (Å²) in [6, 6.07) is -0.547. The van der Waals surface area contributed by atoms with Crippen LogP contribution in [0.4, 0.5) is 0 Å². The normalized spacial score (nSPS) is 13.4. The summed E-state index contributed by atoms with van der Waals surface area (Å²) in [6.07, 6.45) is 4.51. The van der Waals surface area contributed by atoms with Gasteiger partial charge in [-0.15, -0.1) is 11.6 Å². The molecule has 0 rings (SSSR count). The van der Waals surface area contributed by atoms with Crippen LogP contribution < -0.4 is 5.32 Å². The van der Waals surface area contributed by atoms with Gasteiger partial charge in [0.1, 0.15) is 17.2 Å². The van der Waals surface area contributed by atoms with Crippen LogP contribution in [0.25, 0.3) is 0 Å². The van der Waals surface area contributed by atoms with E-state index < -0.39 is 17.6 Å². The van der Waals surface area contributed by atoms with E-state index in [0.717, 1.165) is 25.7 Å². The molecule has 31 heavy (non-hydrogen) atoms. The number of carbonyl (C=O) groups is 4. The Morgan fingerprint density at radius 2 is 1.55 bits per heavy atom. The van der Waals surface area contributed by atoms with Crippen LogP contribution in [0.2, 0.25) is 0 Å². The van der Waals surface area contributed by atoms with E-state index in [1.165, 1.54) is 6.92 Å². The fourth-order valence-corrected chi connectivity index (χ4v) is 3.24. The number of likely N-dealkylation sites (N-methyl/N-ethyl adjacent to an activating group) is 1. The smallest absolute Gasteiger partial charge is 0.306 e. The number of alkyl halides is 1. The van der Waals surface area contributed by atoms with Gasteiger partial charge in [-0.3, -0.25) is 19.2 Å². The summed E-state index contributed by atoms with van der Waals surface area (Å²) in [7, 11) is 1.64. The highest BCUT2D eigenvalue weighted by molar-refractivity contribution is 6.17. The Balaban J connectivity index is 4.43. The number of ether oxygens (including phenoxy) is 2. The minimum absolute atomic E-state index is 0.0286. The van der Waals surface area contributed by atoms with Gasteiger partial charge in [-0.25, -0.2) is 0 Å². The van der Waals surface area contributed by atoms with Crippen molar-refractivity contribution < 1.29 is 28.7 Å². The molecular formula is C23H40ClNO6. The van der Waals surface area contributed by atoms with Gasteiger partial charge in [-0.05, 0) is 60.4 Å². The zero-order valence-electron chi connectivity index (χ0n) is 19.8. The number of hydrogen-bond acceptors (Lipinski definition) is 7. The predicted octanol–water partition coefficient (Wildman–Crippen LogP) is 3.98. The molecule has 0 unspecified atom stereocenters. The lowest BCUT2D eigenvalue weighted by molar-refractivity contribution is -0.155. The Kier molecular flexibility index (Phi) is 15.4. The van der Waals surface area contributed by atoms with Crippen molar-refractivity contribution in [2.75, 3.05) is 19.5 Å². The van der Waals surface area contributed by atoms with Crippen molar-refractivity contribution in [2.24, 2.45) is 5.92 Å². The van der Waals surface area contributed by atoms with E-state index in [4.69, 9.17) is 21.1 Å². The summed E-state index contributed by atoms with van der Waals surface area (Å²) in [5.74, 6) is -0.912. The molecule has 0 amide bonds. The molecule has 2 atom stereocenters. The Morgan fingerprint density at radius 1 is 0.935 bits per heavy atom. The molecule has 0 saturated carbocycles. The summed E-state index contributed by atoms with van der Waals surface area (Å²) in [6.45, 7) is 7.15. The molecule has 0 bridgehead atoms. The van der Waals surface area contributed by atoms with E-state index in [0.29, 0.717) is 18.9 Å². The highest BCUT2D eigenvalue weighted by Crippen LogP contribution is 2.17. The zero-order valence-corrected chi connectivity index (χ0v) is 20.5. The number of Topliss-reactive ketones (excluding diaryl/α,β-unsaturated/α-hetero) is 2. The van der Waals surface area contributed by atoms with Crippen LogP contribution >= 0.6 is 11.6 Å². The first-order valence-electron chi connectivity index (χ1n) is 11.1. The molecule has 0 saturated heterocycles. The molecule has 8 heteroatoms. The molecule has 0 heterocycles. The number of carbonyl (C=O) groups excluding carboxylic acids is 4. The first-order valence-corrected chi connectivity index (χ1v) is 11.7. The van der Waals surface area contributed by atoms with Crippen LogP contribution in [0.3, 0.4) is 0 Å². The minimum Gasteiger partial charge on any atom is -0.466 e. The summed E-state index contributed by atoms with van der Waals surface area (Å²) in [4.78, 5) is 48.4. The van der Waals surface area contributed by atoms with Gasteiger partial charge in [0.25, 0.3) is 0 Å². The molecular weight excluding hydrogens is 422 g/mol. The van der Waals surface area contributed by atoms with E-state index in [1.54, 1.807) is 27.8 Å². The Labute approximate surface area is 191 Å². The average molecular weight is 462 g/mol. The number of halogens is 1. The maximum absolute atomic E-state index is 12.6. The van der Waals surface area contributed by atoms with Crippen molar-refractivity contribution >= 4 is 35.1 Å². The topological polar surface area (TPSA) is 98.8 Å². The Morgan fingerprint density at radius 3 is 2.10 bits per heavy atom. The van der Waals surface area contributed by atoms with Crippen molar-refractivity contribution in [3.8, 4) is 0 Å². The minimum atomic E-state index is -0.575. The van der Waals surface area contributed by atoms with Gasteiger partial charge in [0.2, 0.25) is 0 Å². The fourth-order valence-electron chi connectivity index (χ4n) is 3.06. The molecule has 0 aromatic heterocycles. The first-order chi connectivity index (χ1) is 14.5. The SMILES string of the molecule is CN[C@@H](CCC(=O)OC(C)(C)C)C(=O)C[C@@H](CCC(=O)OCCCCCCCl)C(C)=O. The van der Waals surface area contributed by atoms with Gasteiger partial charge in [0.15, 0.2) is 0 Å². The van der Waals surface area contributed by atoms with Gasteiger partial charge in [-0.2, -0.15) is 0 Å². The highest BCUT2D eigenvalue weighted by Gasteiger charge is 2.26. The molecule has 0 aromatic carbocycles. The second kappa shape index (κ2) is 16.2. The molecule has 7 nitrogen and oxygen atoms in total. The van der Waals surface area contributed by atoms with Crippen LogP contribution in [0.15, 0.2) is 0 Å². The standard InChI is InChI=1S/C23H40ClNO6/c1-17(26)18(10-12-21(28)30-15-9-7-6-8-14-24)16-20(27)19(25-5)11-13-22(29)31-23(2,3)4/h18-19,25H,6-16H2,1-5H3/t18-,19+/m1/s1. The largest absolute Gasteiger partial charge is 0.466 e. The molecule has 0 aliphatic heterocycles. The number of ketones is 2. The molecule has 0 spiro atoms. The molecule has 0 aliphatic carbocycles. The first kappa shape index (κ1) is 29.5. The van der Waals surface area contributed by atoms with Gasteiger partial charge < -0.3 is 14.8 Å². The number of unbranched alkanes of at least 4 members (excludes halogenated alkanes) is 3. The molecule has 0 aromatic rings. The van der Waals surface area contributed by atoms with E-state index in [2.05, 4.69) is 5.32 Å². The highest BCUT2D eigenvalue weighted by atomic mass is 35.5. The van der Waals surface area contributed by atoms with E-state index in [1.807, 2.05) is 0 Å². The predicted molar refractivity (Wildman–Crippen MR) is 121 cm³/mol. The summed E-state index contributed by atoms with van der Waals surface area (Å²) < 4.78 is 10.5. The zero-order chi connectivity index (χ0) is 23.9. The van der Waals surface area contributed by atoms with Crippen LogP contribution in [0.5, 0.6) is 0 Å². The molecule has 180 valence electrons. The van der Waals surface area contributed by atoms with Crippen molar-refractivity contribution in [3.63, 3.8) is 0 Å². The van der Waals surface area contributed by atoms with Gasteiger partial charge >= 0.3 is 11.9 Å². The van der Waals surface area contributed by atoms with E-state index in [-0.39, 0.29) is 49.2 Å². The van der Waals surface area contributed by atoms with Crippen LogP contribution in [-0.2, 0) is 28.7 Å². The number of rotatable bonds is 17. The molecule has 1 N–H and O–H groups in total. The summed E-state index contributed by atoms with van der Waals surface area (Å²) in [5, 5.41) is 2.91. The average Bonchev–Trinajstić information content (AvgIpc) is 2.66. The lowest BCUT2D eigenvalue weighted by atomic mass is 9.90. The quantitative estimate of drug-likeness (QED) is 0.198. The fraction of sp³-hybridized carbons (Fsp3) is 0.826. The monoisotopic (exact) mass is 461 g/mol. The van der Waals surface area contributed by atoms with E-state index in [9.17, 15) is 19.2 Å². The lowest BCUT2D eigenvalue weighted by Gasteiger charge is -2.21. The van der Waals surface area contributed by atoms with Crippen molar-refractivity contribution in [1.82, 2.24) is 5.32 Å². The van der Waals surface area contributed by atoms with Crippen LogP contribution in [0, 0.1) is 5.92 Å². The molecule has 0 radical (unpaired) electrons. The van der Waals surface area contributed by atoms with Gasteiger partial charge in [-0.1, -0.05) is 12.8 Å². The van der Waals surface area contributed by atoms with Crippen LogP contribution in [-0.4, -0.2) is 54.7 Å². The van der Waals surface area contributed by atoms with Crippen LogP contribution in [0.1, 0.15) is 85.5 Å². The summed E-state index contributed by atoms with van der Waals surface area (Å²) in [5.41, 5.74) is -0.575. The number of hydrogen-bond donors (Lipinski definition) is 1. The maximum Gasteiger partial charge on any atom is 0.306 e. The second-order valence-corrected chi connectivity index (χ2v) is 9.18. The molecule has 0 aliphatic rings. The summed E-state index contributed by atoms with van der Waals surface area (Å²) >= 11 is 5.62. The maximum atomic E-state index is 12.6.